The van der Waals surface area contributed by atoms with Gasteiger partial charge >= 0.3 is 18.3 Å². The Balaban J connectivity index is 2.18. The van der Waals surface area contributed by atoms with Gasteiger partial charge in [0.15, 0.2) is 5.60 Å². The van der Waals surface area contributed by atoms with E-state index in [-0.39, 0.29) is 34.1 Å². The van der Waals surface area contributed by atoms with Gasteiger partial charge in [0.1, 0.15) is 6.04 Å². The predicted octanol–water partition coefficient (Wildman–Crippen LogP) is 5.70. The van der Waals surface area contributed by atoms with Crippen LogP contribution >= 0.6 is 23.4 Å². The Morgan fingerprint density at radius 1 is 1.00 bits per heavy atom. The van der Waals surface area contributed by atoms with Crippen LogP contribution in [0.15, 0.2) is 42.5 Å². The average molecular weight is 516 g/mol. The Morgan fingerprint density at radius 3 is 2.06 bits per heavy atom. The number of thioether (sulfide) groups is 1. The van der Waals surface area contributed by atoms with Crippen molar-refractivity contribution in [2.75, 3.05) is 11.5 Å². The Morgan fingerprint density at radius 2 is 1.58 bits per heavy atom. The number of alkyl halides is 6. The number of carboxylic acid groups (broad SMARTS) is 1. The van der Waals surface area contributed by atoms with Gasteiger partial charge in [0.05, 0.1) is 5.56 Å². The van der Waals surface area contributed by atoms with E-state index in [1.165, 1.54) is 12.1 Å². The van der Waals surface area contributed by atoms with Crippen LogP contribution in [0.25, 0.3) is 11.1 Å². The first kappa shape index (κ1) is 27.3. The number of carbonyl (C=O) groups is 1. The molecule has 4 nitrogen and oxygen atoms in total. The van der Waals surface area contributed by atoms with E-state index in [1.807, 2.05) is 0 Å². The highest BCUT2D eigenvalue weighted by molar-refractivity contribution is 7.99. The van der Waals surface area contributed by atoms with Gasteiger partial charge in [0, 0.05) is 10.6 Å². The molecular formula is C21H20ClF6NO3S. The minimum atomic E-state index is -5.00. The van der Waals surface area contributed by atoms with Crippen molar-refractivity contribution in [3.63, 3.8) is 0 Å². The van der Waals surface area contributed by atoms with Gasteiger partial charge < -0.3 is 15.9 Å². The molecule has 0 heterocycles. The van der Waals surface area contributed by atoms with Crippen LogP contribution in [0.2, 0.25) is 5.02 Å². The summed E-state index contributed by atoms with van der Waals surface area (Å²) in [6, 6.07) is 6.10. The number of carboxylic acids is 1. The van der Waals surface area contributed by atoms with Crippen LogP contribution in [0.3, 0.4) is 0 Å². The van der Waals surface area contributed by atoms with Gasteiger partial charge in [-0.15, -0.1) is 0 Å². The normalized spacial score (nSPS) is 15.2. The molecule has 2 aromatic rings. The number of nitrogens with two attached hydrogens (primary N) is 1. The monoisotopic (exact) mass is 515 g/mol. The second kappa shape index (κ2) is 10.5. The van der Waals surface area contributed by atoms with Crippen molar-refractivity contribution in [3.8, 4) is 11.1 Å². The van der Waals surface area contributed by atoms with Gasteiger partial charge in [0.25, 0.3) is 0 Å². The second-order valence-electron chi connectivity index (χ2n) is 7.22. The standard InChI is InChI=1S/C21H20ClF6NO3S/c22-16-11-14(20(23,24)25)5-6-15(16)12-1-3-13(4-2-12)19(32,21(26,27)28)8-10-33-9-7-17(29)18(30)31/h1-6,11,17,32H,7-10,29H2,(H,30,31). The van der Waals surface area contributed by atoms with Gasteiger partial charge in [-0.25, -0.2) is 0 Å². The van der Waals surface area contributed by atoms with E-state index >= 15 is 0 Å². The Bertz CT molecular complexity index is 968. The van der Waals surface area contributed by atoms with E-state index in [0.717, 1.165) is 42.1 Å². The third-order valence-electron chi connectivity index (χ3n) is 4.94. The molecule has 0 aromatic heterocycles. The van der Waals surface area contributed by atoms with E-state index in [4.69, 9.17) is 22.4 Å². The van der Waals surface area contributed by atoms with Crippen molar-refractivity contribution in [1.29, 1.82) is 0 Å². The van der Waals surface area contributed by atoms with Gasteiger partial charge in [-0.2, -0.15) is 38.1 Å². The molecule has 182 valence electrons. The fourth-order valence-corrected chi connectivity index (χ4v) is 4.31. The SMILES string of the molecule is NC(CCSCCC(O)(c1ccc(-c2ccc(C(F)(F)F)cc2Cl)cc1)C(F)(F)F)C(=O)O. The molecule has 4 N–H and O–H groups in total. The largest absolute Gasteiger partial charge is 0.480 e. The molecule has 33 heavy (non-hydrogen) atoms. The minimum Gasteiger partial charge on any atom is -0.480 e. The van der Waals surface area contributed by atoms with Crippen LogP contribution in [0, 0.1) is 0 Å². The van der Waals surface area contributed by atoms with Crippen molar-refractivity contribution in [2.45, 2.75) is 36.8 Å². The van der Waals surface area contributed by atoms with Crippen LogP contribution in [0.1, 0.15) is 24.0 Å². The summed E-state index contributed by atoms with van der Waals surface area (Å²) >= 11 is 6.96. The zero-order valence-corrected chi connectivity index (χ0v) is 18.5. The number of rotatable bonds is 9. The number of hydrogen-bond acceptors (Lipinski definition) is 4. The number of aliphatic carboxylic acids is 1. The van der Waals surface area contributed by atoms with E-state index in [1.54, 1.807) is 0 Å². The summed E-state index contributed by atoms with van der Waals surface area (Å²) in [6.45, 7) is 0. The molecule has 0 bridgehead atoms. The third-order valence-corrected chi connectivity index (χ3v) is 6.27. The zero-order chi connectivity index (χ0) is 25.0. The summed E-state index contributed by atoms with van der Waals surface area (Å²) in [7, 11) is 0. The van der Waals surface area contributed by atoms with Crippen molar-refractivity contribution in [3.05, 3.63) is 58.6 Å². The van der Waals surface area contributed by atoms with E-state index in [2.05, 4.69) is 0 Å². The minimum absolute atomic E-state index is 0.0625. The molecule has 12 heteroatoms. The molecule has 0 saturated carbocycles. The molecular weight excluding hydrogens is 496 g/mol. The molecule has 0 fully saturated rings. The fourth-order valence-electron chi connectivity index (χ4n) is 2.96. The molecule has 2 atom stereocenters. The van der Waals surface area contributed by atoms with Crippen LogP contribution in [-0.2, 0) is 16.6 Å². The van der Waals surface area contributed by atoms with Crippen LogP contribution in [0.5, 0.6) is 0 Å². The number of hydrogen-bond donors (Lipinski definition) is 3. The Kier molecular flexibility index (Phi) is 8.72. The summed E-state index contributed by atoms with van der Waals surface area (Å²) < 4.78 is 79.5. The highest BCUT2D eigenvalue weighted by atomic mass is 35.5. The van der Waals surface area contributed by atoms with Crippen molar-refractivity contribution in [2.24, 2.45) is 5.73 Å². The Hall–Kier alpha value is -1.95. The van der Waals surface area contributed by atoms with E-state index < -0.39 is 47.5 Å². The summed E-state index contributed by atoms with van der Waals surface area (Å²) in [6.07, 6.45) is -10.2. The molecule has 0 radical (unpaired) electrons. The first-order valence-electron chi connectivity index (χ1n) is 9.49. The van der Waals surface area contributed by atoms with Gasteiger partial charge in [-0.05, 0) is 47.6 Å². The molecule has 0 aliphatic heterocycles. The lowest BCUT2D eigenvalue weighted by molar-refractivity contribution is -0.267. The van der Waals surface area contributed by atoms with Crippen molar-refractivity contribution >= 4 is 29.3 Å². The zero-order valence-electron chi connectivity index (χ0n) is 16.9. The summed E-state index contributed by atoms with van der Waals surface area (Å²) in [5.41, 5.74) is 1.24. The number of benzene rings is 2. The summed E-state index contributed by atoms with van der Waals surface area (Å²) in [4.78, 5) is 10.7. The van der Waals surface area contributed by atoms with Gasteiger partial charge in [-0.3, -0.25) is 4.79 Å². The van der Waals surface area contributed by atoms with Crippen molar-refractivity contribution < 1.29 is 41.4 Å². The molecule has 0 amide bonds. The summed E-state index contributed by atoms with van der Waals surface area (Å²) in [5.74, 6) is -1.13. The molecule has 0 spiro atoms. The number of aliphatic hydroxyl groups is 1. The topological polar surface area (TPSA) is 83.5 Å². The summed E-state index contributed by atoms with van der Waals surface area (Å²) in [5, 5.41) is 18.9. The molecule has 0 aliphatic carbocycles. The lowest BCUT2D eigenvalue weighted by atomic mass is 9.89. The molecule has 2 rings (SSSR count). The maximum Gasteiger partial charge on any atom is 0.421 e. The first-order chi connectivity index (χ1) is 15.2. The molecule has 0 saturated heterocycles. The quantitative estimate of drug-likeness (QED) is 0.295. The van der Waals surface area contributed by atoms with Crippen molar-refractivity contribution in [1.82, 2.24) is 0 Å². The molecule has 2 unspecified atom stereocenters. The molecule has 0 aliphatic rings. The van der Waals surface area contributed by atoms with Gasteiger partial charge in [0.2, 0.25) is 0 Å². The highest BCUT2D eigenvalue weighted by Crippen LogP contribution is 2.43. The van der Waals surface area contributed by atoms with E-state index in [0.29, 0.717) is 0 Å². The van der Waals surface area contributed by atoms with Gasteiger partial charge in [-0.1, -0.05) is 41.9 Å². The lowest BCUT2D eigenvalue weighted by Crippen LogP contribution is -2.42. The van der Waals surface area contributed by atoms with Crippen LogP contribution < -0.4 is 5.73 Å². The fraction of sp³-hybridized carbons (Fsp3) is 0.381. The Labute approximate surface area is 194 Å². The first-order valence-corrected chi connectivity index (χ1v) is 11.0. The second-order valence-corrected chi connectivity index (χ2v) is 8.86. The third kappa shape index (κ3) is 6.78. The number of halogens is 7. The highest BCUT2D eigenvalue weighted by Gasteiger charge is 2.54. The average Bonchev–Trinajstić information content (AvgIpc) is 2.71. The van der Waals surface area contributed by atoms with Crippen LogP contribution in [-0.4, -0.2) is 39.9 Å². The van der Waals surface area contributed by atoms with E-state index in [9.17, 15) is 36.2 Å². The lowest BCUT2D eigenvalue weighted by Gasteiger charge is -2.31. The van der Waals surface area contributed by atoms with Crippen LogP contribution in [0.4, 0.5) is 26.3 Å². The predicted molar refractivity (Wildman–Crippen MR) is 114 cm³/mol. The smallest absolute Gasteiger partial charge is 0.421 e. The maximum atomic E-state index is 13.7. The maximum absolute atomic E-state index is 13.7. The molecule has 2 aromatic carbocycles.